The van der Waals surface area contributed by atoms with Gasteiger partial charge in [0.1, 0.15) is 0 Å². The van der Waals surface area contributed by atoms with Gasteiger partial charge < -0.3 is 10.1 Å². The third-order valence-electron chi connectivity index (χ3n) is 2.53. The zero-order chi connectivity index (χ0) is 12.1. The van der Waals surface area contributed by atoms with Crippen molar-refractivity contribution in [1.29, 1.82) is 0 Å². The molecular formula is C12H19N3O. The van der Waals surface area contributed by atoms with Crippen LogP contribution in [0.1, 0.15) is 24.6 Å². The Balaban J connectivity index is 2.70. The number of aromatic nitrogens is 2. The van der Waals surface area contributed by atoms with Crippen LogP contribution in [0.25, 0.3) is 0 Å². The maximum absolute atomic E-state index is 5.31. The first-order valence-corrected chi connectivity index (χ1v) is 5.33. The molecule has 0 amide bonds. The predicted molar refractivity (Wildman–Crippen MR) is 64.2 cm³/mol. The maximum Gasteiger partial charge on any atom is 0.216 e. The molecule has 4 heteroatoms. The maximum atomic E-state index is 5.31. The van der Waals surface area contributed by atoms with Crippen molar-refractivity contribution < 1.29 is 4.74 Å². The number of nitrogens with one attached hydrogen (secondary N) is 1. The Bertz CT molecular complexity index is 390. The van der Waals surface area contributed by atoms with E-state index in [2.05, 4.69) is 23.3 Å². The number of aryl methyl sites for hydroxylation is 2. The van der Waals surface area contributed by atoms with E-state index in [0.29, 0.717) is 6.04 Å². The first-order valence-electron chi connectivity index (χ1n) is 5.33. The molecule has 0 aliphatic heterocycles. The SMILES string of the molecule is C#CCC(C)NCc1c(C)nn(C)c1OC. The Morgan fingerprint density at radius 3 is 2.88 bits per heavy atom. The molecule has 0 spiro atoms. The summed E-state index contributed by atoms with van der Waals surface area (Å²) in [6.45, 7) is 4.77. The first kappa shape index (κ1) is 12.6. The van der Waals surface area contributed by atoms with Crippen molar-refractivity contribution in [3.8, 4) is 18.2 Å². The zero-order valence-corrected chi connectivity index (χ0v) is 10.4. The van der Waals surface area contributed by atoms with E-state index in [9.17, 15) is 0 Å². The molecule has 1 rings (SSSR count). The van der Waals surface area contributed by atoms with Crippen molar-refractivity contribution in [3.05, 3.63) is 11.3 Å². The first-order chi connectivity index (χ1) is 7.60. The van der Waals surface area contributed by atoms with Crippen LogP contribution >= 0.6 is 0 Å². The lowest BCUT2D eigenvalue weighted by atomic mass is 10.2. The second kappa shape index (κ2) is 5.57. The van der Waals surface area contributed by atoms with Gasteiger partial charge in [0.15, 0.2) is 0 Å². The summed E-state index contributed by atoms with van der Waals surface area (Å²) in [6.07, 6.45) is 5.98. The van der Waals surface area contributed by atoms with Crippen molar-refractivity contribution in [2.24, 2.45) is 7.05 Å². The average molecular weight is 221 g/mol. The molecule has 1 heterocycles. The molecule has 0 saturated heterocycles. The van der Waals surface area contributed by atoms with Gasteiger partial charge in [-0.15, -0.1) is 12.3 Å². The van der Waals surface area contributed by atoms with Gasteiger partial charge in [0.2, 0.25) is 5.88 Å². The van der Waals surface area contributed by atoms with Gasteiger partial charge in [-0.3, -0.25) is 0 Å². The fraction of sp³-hybridized carbons (Fsp3) is 0.583. The molecule has 1 N–H and O–H groups in total. The highest BCUT2D eigenvalue weighted by Crippen LogP contribution is 2.20. The van der Waals surface area contributed by atoms with Crippen LogP contribution in [0, 0.1) is 19.3 Å². The monoisotopic (exact) mass is 221 g/mol. The van der Waals surface area contributed by atoms with E-state index in [1.54, 1.807) is 11.8 Å². The lowest BCUT2D eigenvalue weighted by molar-refractivity contribution is 0.367. The minimum Gasteiger partial charge on any atom is -0.481 e. The van der Waals surface area contributed by atoms with E-state index >= 15 is 0 Å². The Morgan fingerprint density at radius 1 is 1.62 bits per heavy atom. The Morgan fingerprint density at radius 2 is 2.31 bits per heavy atom. The summed E-state index contributed by atoms with van der Waals surface area (Å²) in [4.78, 5) is 0. The van der Waals surface area contributed by atoms with Crippen molar-refractivity contribution >= 4 is 0 Å². The molecule has 1 atom stereocenters. The molecule has 4 nitrogen and oxygen atoms in total. The van der Waals surface area contributed by atoms with Crippen molar-refractivity contribution in [2.75, 3.05) is 7.11 Å². The molecule has 0 aromatic carbocycles. The third kappa shape index (κ3) is 2.77. The van der Waals surface area contributed by atoms with Crippen LogP contribution in [-0.4, -0.2) is 22.9 Å². The molecule has 0 bridgehead atoms. The summed E-state index contributed by atoms with van der Waals surface area (Å²) in [5, 5.41) is 7.67. The summed E-state index contributed by atoms with van der Waals surface area (Å²) in [7, 11) is 3.53. The molecular weight excluding hydrogens is 202 g/mol. The summed E-state index contributed by atoms with van der Waals surface area (Å²) < 4.78 is 7.06. The molecule has 0 aliphatic rings. The van der Waals surface area contributed by atoms with Gasteiger partial charge in [0.25, 0.3) is 0 Å². The fourth-order valence-electron chi connectivity index (χ4n) is 1.66. The highest BCUT2D eigenvalue weighted by atomic mass is 16.5. The third-order valence-corrected chi connectivity index (χ3v) is 2.53. The summed E-state index contributed by atoms with van der Waals surface area (Å²) in [6, 6.07) is 0.300. The summed E-state index contributed by atoms with van der Waals surface area (Å²) >= 11 is 0. The summed E-state index contributed by atoms with van der Waals surface area (Å²) in [5.41, 5.74) is 2.08. The van der Waals surface area contributed by atoms with E-state index in [4.69, 9.17) is 11.2 Å². The highest BCUT2D eigenvalue weighted by Gasteiger charge is 2.13. The number of ether oxygens (including phenoxy) is 1. The molecule has 0 radical (unpaired) electrons. The molecule has 1 aromatic heterocycles. The molecule has 88 valence electrons. The van der Waals surface area contributed by atoms with E-state index in [-0.39, 0.29) is 0 Å². The van der Waals surface area contributed by atoms with Crippen LogP contribution in [0.4, 0.5) is 0 Å². The highest BCUT2D eigenvalue weighted by molar-refractivity contribution is 5.30. The Hall–Kier alpha value is -1.47. The van der Waals surface area contributed by atoms with Crippen molar-refractivity contribution in [2.45, 2.75) is 32.9 Å². The van der Waals surface area contributed by atoms with Crippen molar-refractivity contribution in [3.63, 3.8) is 0 Å². The van der Waals surface area contributed by atoms with Crippen LogP contribution in [0.5, 0.6) is 5.88 Å². The number of hydrogen-bond acceptors (Lipinski definition) is 3. The molecule has 1 aromatic rings. The number of terminal acetylenes is 1. The smallest absolute Gasteiger partial charge is 0.216 e. The van der Waals surface area contributed by atoms with E-state index in [1.165, 1.54) is 0 Å². The van der Waals surface area contributed by atoms with Crippen LogP contribution in [0.3, 0.4) is 0 Å². The fourth-order valence-corrected chi connectivity index (χ4v) is 1.66. The minimum absolute atomic E-state index is 0.300. The largest absolute Gasteiger partial charge is 0.481 e. The molecule has 0 saturated carbocycles. The standard InChI is InChI=1S/C12H19N3O/c1-6-7-9(2)13-8-11-10(3)14-15(4)12(11)16-5/h1,9,13H,7-8H2,2-5H3. The van der Waals surface area contributed by atoms with Gasteiger partial charge >= 0.3 is 0 Å². The van der Waals surface area contributed by atoms with Gasteiger partial charge in [0.05, 0.1) is 18.4 Å². The number of nitrogens with zero attached hydrogens (tertiary/aromatic N) is 2. The quantitative estimate of drug-likeness (QED) is 0.760. The predicted octanol–water partition coefficient (Wildman–Crippen LogP) is 1.24. The van der Waals surface area contributed by atoms with E-state index in [0.717, 1.165) is 30.1 Å². The van der Waals surface area contributed by atoms with Crippen LogP contribution < -0.4 is 10.1 Å². The molecule has 1 unspecified atom stereocenters. The van der Waals surface area contributed by atoms with Crippen LogP contribution in [0.15, 0.2) is 0 Å². The van der Waals surface area contributed by atoms with Crippen LogP contribution in [-0.2, 0) is 13.6 Å². The van der Waals surface area contributed by atoms with Gasteiger partial charge in [0, 0.05) is 26.1 Å². The molecule has 0 aliphatic carbocycles. The second-order valence-electron chi connectivity index (χ2n) is 3.89. The van der Waals surface area contributed by atoms with Gasteiger partial charge in [-0.2, -0.15) is 5.10 Å². The number of methoxy groups -OCH3 is 1. The van der Waals surface area contributed by atoms with Gasteiger partial charge in [-0.05, 0) is 13.8 Å². The molecule has 0 fully saturated rings. The molecule has 16 heavy (non-hydrogen) atoms. The van der Waals surface area contributed by atoms with Gasteiger partial charge in [-0.25, -0.2) is 4.68 Å². The Kier molecular flexibility index (Phi) is 4.39. The van der Waals surface area contributed by atoms with E-state index in [1.807, 2.05) is 14.0 Å². The second-order valence-corrected chi connectivity index (χ2v) is 3.89. The average Bonchev–Trinajstić information content (AvgIpc) is 2.50. The zero-order valence-electron chi connectivity index (χ0n) is 10.4. The summed E-state index contributed by atoms with van der Waals surface area (Å²) in [5.74, 6) is 3.44. The van der Waals surface area contributed by atoms with E-state index < -0.39 is 0 Å². The Labute approximate surface area is 97.0 Å². The number of hydrogen-bond donors (Lipinski definition) is 1. The minimum atomic E-state index is 0.300. The van der Waals surface area contributed by atoms with Gasteiger partial charge in [-0.1, -0.05) is 0 Å². The normalized spacial score (nSPS) is 12.2. The van der Waals surface area contributed by atoms with Crippen molar-refractivity contribution in [1.82, 2.24) is 15.1 Å². The lowest BCUT2D eigenvalue weighted by Crippen LogP contribution is -2.25. The van der Waals surface area contributed by atoms with Crippen LogP contribution in [0.2, 0.25) is 0 Å². The number of rotatable bonds is 5. The topological polar surface area (TPSA) is 39.1 Å². The lowest BCUT2D eigenvalue weighted by Gasteiger charge is -2.11.